The summed E-state index contributed by atoms with van der Waals surface area (Å²) < 4.78 is 9.06. The summed E-state index contributed by atoms with van der Waals surface area (Å²) in [5.41, 5.74) is 9.04. The highest BCUT2D eigenvalue weighted by Crippen LogP contribution is 2.41. The first-order valence-corrected chi connectivity index (χ1v) is 15.5. The maximum Gasteiger partial charge on any atom is 0.161 e. The molecule has 0 saturated carbocycles. The Morgan fingerprint density at radius 3 is 1.85 bits per heavy atom. The average Bonchev–Trinajstić information content (AvgIpc) is 3.66. The molecule has 3 heterocycles. The first-order chi connectivity index (χ1) is 22.8. The molecule has 0 aliphatic rings. The minimum Gasteiger partial charge on any atom is -0.455 e. The number of rotatable bonds is 3. The summed E-state index contributed by atoms with van der Waals surface area (Å²) in [4.78, 5) is 10.3. The van der Waals surface area contributed by atoms with Gasteiger partial charge >= 0.3 is 0 Å². The molecule has 4 nitrogen and oxygen atoms in total. The molecule has 0 unspecified atom stereocenters. The van der Waals surface area contributed by atoms with E-state index in [4.69, 9.17) is 14.4 Å². The molecule has 214 valence electrons. The molecule has 0 fully saturated rings. The van der Waals surface area contributed by atoms with Gasteiger partial charge in [0, 0.05) is 55.2 Å². The van der Waals surface area contributed by atoms with Crippen molar-refractivity contribution in [3.8, 4) is 28.3 Å². The van der Waals surface area contributed by atoms with Crippen LogP contribution in [0.25, 0.3) is 93.8 Å². The van der Waals surface area contributed by atoms with Crippen molar-refractivity contribution >= 4 is 65.4 Å². The molecule has 10 rings (SSSR count). The van der Waals surface area contributed by atoms with Gasteiger partial charge in [-0.05, 0) is 41.8 Å². The molecule has 0 amide bonds. The van der Waals surface area contributed by atoms with Gasteiger partial charge in [-0.25, -0.2) is 9.97 Å². The summed E-state index contributed by atoms with van der Waals surface area (Å²) in [6.07, 6.45) is 0. The monoisotopic (exact) mass is 587 g/mol. The number of furan rings is 1. The lowest BCUT2D eigenvalue weighted by atomic mass is 9.99. The van der Waals surface area contributed by atoms with Crippen molar-refractivity contribution < 1.29 is 4.42 Å². The van der Waals surface area contributed by atoms with Crippen LogP contribution in [0.4, 0.5) is 0 Å². The van der Waals surface area contributed by atoms with Gasteiger partial charge in [0.05, 0.1) is 22.2 Å². The minimum atomic E-state index is 0.701. The SMILES string of the molecule is c1ccc(-c2nc(-c3cc4c5ccc(-n6c7ccccc7c7ccccc76)cc5oc4c4ccccc34)nc3ccccc23)cc1. The zero-order valence-corrected chi connectivity index (χ0v) is 24.7. The van der Waals surface area contributed by atoms with Crippen LogP contribution < -0.4 is 0 Å². The molecule has 4 heteroatoms. The van der Waals surface area contributed by atoms with E-state index in [0.29, 0.717) is 5.82 Å². The van der Waals surface area contributed by atoms with Crippen LogP contribution in [0.3, 0.4) is 0 Å². The van der Waals surface area contributed by atoms with Crippen LogP contribution in [0.2, 0.25) is 0 Å². The summed E-state index contributed by atoms with van der Waals surface area (Å²) in [7, 11) is 0. The minimum absolute atomic E-state index is 0.701. The molecular formula is C42H25N3O. The fourth-order valence-electron chi connectivity index (χ4n) is 7.12. The fraction of sp³-hybridized carbons (Fsp3) is 0. The van der Waals surface area contributed by atoms with Crippen LogP contribution in [-0.2, 0) is 0 Å². The normalized spacial score (nSPS) is 11.9. The van der Waals surface area contributed by atoms with Crippen molar-refractivity contribution in [2.24, 2.45) is 0 Å². The molecule has 0 bridgehead atoms. The van der Waals surface area contributed by atoms with Crippen molar-refractivity contribution in [1.29, 1.82) is 0 Å². The standard InChI is InChI=1S/C42H25N3O/c1-2-12-26(13-3-1)40-33-18-6-9-19-36(33)43-42(44-40)35-25-34-31-23-22-27(24-39(31)46-41(34)32-17-5-4-14-28(32)35)45-37-20-10-7-15-29(37)30-16-8-11-21-38(30)45/h1-25H. The second-order valence-electron chi connectivity index (χ2n) is 11.8. The molecule has 0 radical (unpaired) electrons. The van der Waals surface area contributed by atoms with Crippen LogP contribution in [0.1, 0.15) is 0 Å². The molecule has 3 aromatic heterocycles. The van der Waals surface area contributed by atoms with E-state index in [1.807, 2.05) is 18.2 Å². The summed E-state index contributed by atoms with van der Waals surface area (Å²) in [6, 6.07) is 53.0. The predicted molar refractivity (Wildman–Crippen MR) is 190 cm³/mol. The molecule has 0 aliphatic heterocycles. The second-order valence-corrected chi connectivity index (χ2v) is 11.8. The molecule has 0 saturated heterocycles. The topological polar surface area (TPSA) is 43.9 Å². The van der Waals surface area contributed by atoms with Gasteiger partial charge in [0.1, 0.15) is 11.2 Å². The number of nitrogens with zero attached hydrogens (tertiary/aromatic N) is 3. The van der Waals surface area contributed by atoms with Crippen molar-refractivity contribution in [2.45, 2.75) is 0 Å². The summed E-state index contributed by atoms with van der Waals surface area (Å²) in [6.45, 7) is 0. The van der Waals surface area contributed by atoms with Crippen LogP contribution in [0.5, 0.6) is 0 Å². The van der Waals surface area contributed by atoms with Crippen LogP contribution in [0, 0.1) is 0 Å². The lowest BCUT2D eigenvalue weighted by Gasteiger charge is -2.11. The maximum absolute atomic E-state index is 6.73. The highest BCUT2D eigenvalue weighted by Gasteiger charge is 2.19. The van der Waals surface area contributed by atoms with Crippen LogP contribution in [-0.4, -0.2) is 14.5 Å². The summed E-state index contributed by atoms with van der Waals surface area (Å²) in [5.74, 6) is 0.701. The van der Waals surface area contributed by atoms with Crippen molar-refractivity contribution in [3.63, 3.8) is 0 Å². The molecule has 0 spiro atoms. The van der Waals surface area contributed by atoms with Gasteiger partial charge in [-0.1, -0.05) is 109 Å². The number of fused-ring (bicyclic) bond motifs is 9. The van der Waals surface area contributed by atoms with Gasteiger partial charge in [-0.15, -0.1) is 0 Å². The number of hydrogen-bond donors (Lipinski definition) is 0. The first kappa shape index (κ1) is 25.1. The van der Waals surface area contributed by atoms with E-state index in [1.54, 1.807) is 0 Å². The van der Waals surface area contributed by atoms with Gasteiger partial charge in [-0.2, -0.15) is 0 Å². The molecule has 0 atom stereocenters. The third-order valence-corrected chi connectivity index (χ3v) is 9.19. The van der Waals surface area contributed by atoms with Gasteiger partial charge in [0.2, 0.25) is 0 Å². The third kappa shape index (κ3) is 3.61. The Morgan fingerprint density at radius 1 is 0.457 bits per heavy atom. The smallest absolute Gasteiger partial charge is 0.161 e. The Balaban J connectivity index is 1.24. The van der Waals surface area contributed by atoms with Gasteiger partial charge in [-0.3, -0.25) is 0 Å². The molecule has 0 aliphatic carbocycles. The maximum atomic E-state index is 6.73. The van der Waals surface area contributed by atoms with Crippen molar-refractivity contribution in [2.75, 3.05) is 0 Å². The summed E-state index contributed by atoms with van der Waals surface area (Å²) >= 11 is 0. The lowest BCUT2D eigenvalue weighted by molar-refractivity contribution is 0.672. The number of para-hydroxylation sites is 3. The van der Waals surface area contributed by atoms with E-state index in [-0.39, 0.29) is 0 Å². The number of hydrogen-bond acceptors (Lipinski definition) is 3. The second kappa shape index (κ2) is 9.62. The van der Waals surface area contributed by atoms with E-state index in [9.17, 15) is 0 Å². The molecule has 46 heavy (non-hydrogen) atoms. The lowest BCUT2D eigenvalue weighted by Crippen LogP contribution is -1.96. The van der Waals surface area contributed by atoms with E-state index in [2.05, 4.69) is 138 Å². The molecule has 7 aromatic carbocycles. The Labute approximate surface area is 263 Å². The predicted octanol–water partition coefficient (Wildman–Crippen LogP) is 11.1. The third-order valence-electron chi connectivity index (χ3n) is 9.19. The Morgan fingerprint density at radius 2 is 1.09 bits per heavy atom. The van der Waals surface area contributed by atoms with Crippen LogP contribution >= 0.6 is 0 Å². The molecule has 0 N–H and O–H groups in total. The van der Waals surface area contributed by atoms with Gasteiger partial charge < -0.3 is 8.98 Å². The largest absolute Gasteiger partial charge is 0.455 e. The molecule has 10 aromatic rings. The number of aromatic nitrogens is 3. The van der Waals surface area contributed by atoms with Crippen molar-refractivity contribution in [3.05, 3.63) is 152 Å². The highest BCUT2D eigenvalue weighted by molar-refractivity contribution is 6.19. The zero-order valence-electron chi connectivity index (χ0n) is 24.7. The van der Waals surface area contributed by atoms with Gasteiger partial charge in [0.25, 0.3) is 0 Å². The average molecular weight is 588 g/mol. The van der Waals surface area contributed by atoms with Crippen LogP contribution in [0.15, 0.2) is 156 Å². The van der Waals surface area contributed by atoms with E-state index in [1.165, 1.54) is 21.8 Å². The van der Waals surface area contributed by atoms with E-state index in [0.717, 1.165) is 66.1 Å². The molecular weight excluding hydrogens is 562 g/mol. The van der Waals surface area contributed by atoms with Crippen molar-refractivity contribution in [1.82, 2.24) is 14.5 Å². The summed E-state index contributed by atoms with van der Waals surface area (Å²) in [5, 5.41) is 7.74. The Hall–Kier alpha value is -6.26. The van der Waals surface area contributed by atoms with Gasteiger partial charge in [0.15, 0.2) is 5.82 Å². The Kier molecular flexibility index (Phi) is 5.25. The Bertz CT molecular complexity index is 2760. The van der Waals surface area contributed by atoms with E-state index < -0.39 is 0 Å². The van der Waals surface area contributed by atoms with E-state index >= 15 is 0 Å². The quantitative estimate of drug-likeness (QED) is 0.207. The zero-order chi connectivity index (χ0) is 30.2. The highest BCUT2D eigenvalue weighted by atomic mass is 16.3. The first-order valence-electron chi connectivity index (χ1n) is 15.5. The fourth-order valence-corrected chi connectivity index (χ4v) is 7.12. The number of benzene rings is 7.